The van der Waals surface area contributed by atoms with Gasteiger partial charge < -0.3 is 10.0 Å². The van der Waals surface area contributed by atoms with Crippen LogP contribution in [0.4, 0.5) is 0 Å². The van der Waals surface area contributed by atoms with Crippen molar-refractivity contribution >= 4 is 23.6 Å². The van der Waals surface area contributed by atoms with E-state index >= 15 is 0 Å². The predicted molar refractivity (Wildman–Crippen MR) is 62.4 cm³/mol. The second-order valence-electron chi connectivity index (χ2n) is 4.42. The monoisotopic (exact) mass is 243 g/mol. The van der Waals surface area contributed by atoms with E-state index in [0.29, 0.717) is 6.42 Å². The van der Waals surface area contributed by atoms with E-state index in [9.17, 15) is 9.59 Å². The first-order valence-electron chi connectivity index (χ1n) is 5.79. The average Bonchev–Trinajstić information content (AvgIpc) is 2.78. The number of hydrogen-bond acceptors (Lipinski definition) is 3. The van der Waals surface area contributed by atoms with Crippen LogP contribution in [-0.2, 0) is 9.59 Å². The summed E-state index contributed by atoms with van der Waals surface area (Å²) in [7, 11) is 0. The lowest BCUT2D eigenvalue weighted by Crippen LogP contribution is -2.43. The molecule has 16 heavy (non-hydrogen) atoms. The second kappa shape index (κ2) is 5.08. The first-order chi connectivity index (χ1) is 7.70. The Morgan fingerprint density at radius 2 is 1.75 bits per heavy atom. The van der Waals surface area contributed by atoms with E-state index in [1.165, 1.54) is 0 Å². The minimum atomic E-state index is -0.803. The highest BCUT2D eigenvalue weighted by Crippen LogP contribution is 2.33. The largest absolute Gasteiger partial charge is 0.481 e. The maximum atomic E-state index is 12.2. The number of carboxylic acids is 1. The SMILES string of the molecule is O=C(O)[C@H]1CCC[C@H]1C(=O)N1CCSCC1. The third-order valence-corrected chi connectivity index (χ3v) is 4.42. The van der Waals surface area contributed by atoms with Crippen LogP contribution in [0.15, 0.2) is 0 Å². The Bertz CT molecular complexity index is 289. The number of carbonyl (C=O) groups is 2. The molecular formula is C11H17NO3S. The highest BCUT2D eigenvalue weighted by atomic mass is 32.2. The smallest absolute Gasteiger partial charge is 0.307 e. The summed E-state index contributed by atoms with van der Waals surface area (Å²) in [5.74, 6) is 0.530. The Hall–Kier alpha value is -0.710. The minimum Gasteiger partial charge on any atom is -0.481 e. The van der Waals surface area contributed by atoms with Crippen LogP contribution < -0.4 is 0 Å². The van der Waals surface area contributed by atoms with Gasteiger partial charge in [-0.3, -0.25) is 9.59 Å². The van der Waals surface area contributed by atoms with Gasteiger partial charge in [-0.15, -0.1) is 0 Å². The minimum absolute atomic E-state index is 0.0743. The normalized spacial score (nSPS) is 30.4. The molecule has 5 heteroatoms. The first-order valence-corrected chi connectivity index (χ1v) is 6.95. The zero-order valence-electron chi connectivity index (χ0n) is 9.22. The summed E-state index contributed by atoms with van der Waals surface area (Å²) in [4.78, 5) is 25.0. The fourth-order valence-electron chi connectivity index (χ4n) is 2.57. The van der Waals surface area contributed by atoms with Crippen LogP contribution in [0.2, 0.25) is 0 Å². The maximum absolute atomic E-state index is 12.2. The molecule has 0 bridgehead atoms. The van der Waals surface area contributed by atoms with Crippen molar-refractivity contribution in [2.24, 2.45) is 11.8 Å². The molecule has 1 aliphatic heterocycles. The van der Waals surface area contributed by atoms with Crippen molar-refractivity contribution in [3.05, 3.63) is 0 Å². The zero-order valence-corrected chi connectivity index (χ0v) is 10.0. The van der Waals surface area contributed by atoms with Crippen molar-refractivity contribution in [2.45, 2.75) is 19.3 Å². The van der Waals surface area contributed by atoms with Gasteiger partial charge in [0.05, 0.1) is 11.8 Å². The number of carboxylic acid groups (broad SMARTS) is 1. The van der Waals surface area contributed by atoms with E-state index in [1.807, 2.05) is 16.7 Å². The molecule has 4 nitrogen and oxygen atoms in total. The van der Waals surface area contributed by atoms with Gasteiger partial charge in [-0.05, 0) is 12.8 Å². The Labute approximate surface area is 99.4 Å². The molecular weight excluding hydrogens is 226 g/mol. The van der Waals surface area contributed by atoms with Gasteiger partial charge in [0.2, 0.25) is 5.91 Å². The number of rotatable bonds is 2. The molecule has 0 aromatic carbocycles. The number of amides is 1. The number of carbonyl (C=O) groups excluding carboxylic acids is 1. The van der Waals surface area contributed by atoms with Gasteiger partial charge in [0.1, 0.15) is 0 Å². The molecule has 0 aromatic heterocycles. The van der Waals surface area contributed by atoms with E-state index < -0.39 is 11.9 Å². The molecule has 0 unspecified atom stereocenters. The number of thioether (sulfide) groups is 1. The summed E-state index contributed by atoms with van der Waals surface area (Å²) in [5.41, 5.74) is 0. The van der Waals surface area contributed by atoms with Crippen LogP contribution in [0.1, 0.15) is 19.3 Å². The van der Waals surface area contributed by atoms with E-state index in [1.54, 1.807) is 0 Å². The van der Waals surface area contributed by atoms with Gasteiger partial charge >= 0.3 is 5.97 Å². The summed E-state index contributed by atoms with van der Waals surface area (Å²) in [6.07, 6.45) is 2.28. The van der Waals surface area contributed by atoms with E-state index in [0.717, 1.165) is 37.4 Å². The molecule has 1 saturated carbocycles. The molecule has 1 N–H and O–H groups in total. The van der Waals surface area contributed by atoms with Crippen molar-refractivity contribution in [3.8, 4) is 0 Å². The van der Waals surface area contributed by atoms with Crippen molar-refractivity contribution < 1.29 is 14.7 Å². The average molecular weight is 243 g/mol. The molecule has 2 atom stereocenters. The molecule has 1 aliphatic carbocycles. The quantitative estimate of drug-likeness (QED) is 0.788. The van der Waals surface area contributed by atoms with Crippen molar-refractivity contribution in [3.63, 3.8) is 0 Å². The molecule has 2 aliphatic rings. The van der Waals surface area contributed by atoms with E-state index in [4.69, 9.17) is 5.11 Å². The number of aliphatic carboxylic acids is 1. The standard InChI is InChI=1S/C11H17NO3S/c13-10(12-4-6-16-7-5-12)8-2-1-3-9(8)11(14)15/h8-9H,1-7H2,(H,14,15)/t8-,9+/m1/s1. The number of nitrogens with zero attached hydrogens (tertiary/aromatic N) is 1. The Balaban J connectivity index is 1.99. The van der Waals surface area contributed by atoms with Crippen LogP contribution >= 0.6 is 11.8 Å². The number of hydrogen-bond donors (Lipinski definition) is 1. The van der Waals surface area contributed by atoms with Crippen molar-refractivity contribution in [1.29, 1.82) is 0 Å². The summed E-state index contributed by atoms with van der Waals surface area (Å²) in [5, 5.41) is 9.06. The first kappa shape index (κ1) is 11.8. The van der Waals surface area contributed by atoms with Crippen molar-refractivity contribution in [1.82, 2.24) is 4.90 Å². The topological polar surface area (TPSA) is 57.6 Å². The predicted octanol–water partition coefficient (Wildman–Crippen LogP) is 1.06. The molecule has 0 spiro atoms. The maximum Gasteiger partial charge on any atom is 0.307 e. The van der Waals surface area contributed by atoms with Crippen LogP contribution in [0, 0.1) is 11.8 Å². The highest BCUT2D eigenvalue weighted by molar-refractivity contribution is 7.99. The van der Waals surface area contributed by atoms with Crippen LogP contribution in [0.25, 0.3) is 0 Å². The van der Waals surface area contributed by atoms with Crippen LogP contribution in [0.3, 0.4) is 0 Å². The van der Waals surface area contributed by atoms with E-state index in [-0.39, 0.29) is 11.8 Å². The van der Waals surface area contributed by atoms with Crippen LogP contribution in [0.5, 0.6) is 0 Å². The Morgan fingerprint density at radius 1 is 1.12 bits per heavy atom. The third kappa shape index (κ3) is 2.34. The molecule has 1 saturated heterocycles. The third-order valence-electron chi connectivity index (χ3n) is 3.47. The lowest BCUT2D eigenvalue weighted by Gasteiger charge is -2.30. The summed E-state index contributed by atoms with van der Waals surface area (Å²) < 4.78 is 0. The van der Waals surface area contributed by atoms with Gasteiger partial charge in [0.25, 0.3) is 0 Å². The summed E-state index contributed by atoms with van der Waals surface area (Å²) in [6.45, 7) is 1.57. The Kier molecular flexibility index (Phi) is 3.74. The molecule has 2 fully saturated rings. The molecule has 0 radical (unpaired) electrons. The van der Waals surface area contributed by atoms with Gasteiger partial charge in [-0.1, -0.05) is 6.42 Å². The van der Waals surface area contributed by atoms with Crippen molar-refractivity contribution in [2.75, 3.05) is 24.6 Å². The second-order valence-corrected chi connectivity index (χ2v) is 5.64. The van der Waals surface area contributed by atoms with E-state index in [2.05, 4.69) is 0 Å². The summed E-state index contributed by atoms with van der Waals surface area (Å²) in [6, 6.07) is 0. The van der Waals surface area contributed by atoms with Crippen LogP contribution in [-0.4, -0.2) is 46.5 Å². The molecule has 0 aromatic rings. The molecule has 1 amide bonds. The Morgan fingerprint density at radius 3 is 2.38 bits per heavy atom. The highest BCUT2D eigenvalue weighted by Gasteiger charge is 2.39. The molecule has 90 valence electrons. The molecule has 2 rings (SSSR count). The fourth-order valence-corrected chi connectivity index (χ4v) is 3.47. The van der Waals surface area contributed by atoms with Gasteiger partial charge in [-0.25, -0.2) is 0 Å². The lowest BCUT2D eigenvalue weighted by molar-refractivity contribution is -0.149. The zero-order chi connectivity index (χ0) is 11.5. The lowest BCUT2D eigenvalue weighted by atomic mass is 9.95. The van der Waals surface area contributed by atoms with Gasteiger partial charge in [-0.2, -0.15) is 11.8 Å². The van der Waals surface area contributed by atoms with Gasteiger partial charge in [0, 0.05) is 24.6 Å². The summed E-state index contributed by atoms with van der Waals surface area (Å²) >= 11 is 1.86. The fraction of sp³-hybridized carbons (Fsp3) is 0.818. The molecule has 1 heterocycles. The van der Waals surface area contributed by atoms with Gasteiger partial charge in [0.15, 0.2) is 0 Å².